The highest BCUT2D eigenvalue weighted by Crippen LogP contribution is 2.53. The van der Waals surface area contributed by atoms with Gasteiger partial charge in [0.2, 0.25) is 5.17 Å². The Balaban J connectivity index is 1.62. The van der Waals surface area contributed by atoms with Gasteiger partial charge in [0.1, 0.15) is 32.8 Å². The van der Waals surface area contributed by atoms with E-state index in [9.17, 15) is 17.2 Å². The van der Waals surface area contributed by atoms with Crippen LogP contribution in [-0.4, -0.2) is 52.2 Å². The quantitative estimate of drug-likeness (QED) is 0.639. The van der Waals surface area contributed by atoms with Crippen LogP contribution < -0.4 is 5.73 Å². The fourth-order valence-electron chi connectivity index (χ4n) is 4.22. The molecule has 1 saturated heterocycles. The summed E-state index contributed by atoms with van der Waals surface area (Å²) in [5.74, 6) is -1.16. The molecule has 2 atom stereocenters. The van der Waals surface area contributed by atoms with Crippen molar-refractivity contribution in [3.63, 3.8) is 0 Å². The molecule has 0 spiro atoms. The van der Waals surface area contributed by atoms with Crippen LogP contribution in [-0.2, 0) is 14.7 Å². The van der Waals surface area contributed by atoms with Crippen molar-refractivity contribution in [2.45, 2.75) is 29.5 Å². The van der Waals surface area contributed by atoms with Crippen molar-refractivity contribution in [3.8, 4) is 0 Å². The molecule has 0 aliphatic carbocycles. The SMILES string of the molecule is NCCCC1(c2ccccc2)SC(c2cc(F)ccc2F)=NN1C1=NN2CS(=O)(=O)CCC2S1. The molecule has 3 heterocycles. The van der Waals surface area contributed by atoms with Gasteiger partial charge in [-0.15, -0.1) is 5.10 Å². The lowest BCUT2D eigenvalue weighted by molar-refractivity contribution is 0.266. The Morgan fingerprint density at radius 3 is 2.71 bits per heavy atom. The van der Waals surface area contributed by atoms with Crippen molar-refractivity contribution < 1.29 is 17.2 Å². The number of hydrogen-bond donors (Lipinski definition) is 1. The van der Waals surface area contributed by atoms with E-state index in [0.29, 0.717) is 36.0 Å². The van der Waals surface area contributed by atoms with Crippen LogP contribution in [0.3, 0.4) is 0 Å². The molecule has 3 aliphatic heterocycles. The summed E-state index contributed by atoms with van der Waals surface area (Å²) < 4.78 is 53.1. The highest BCUT2D eigenvalue weighted by atomic mass is 32.2. The van der Waals surface area contributed by atoms with E-state index in [2.05, 4.69) is 5.10 Å². The van der Waals surface area contributed by atoms with Crippen molar-refractivity contribution >= 4 is 43.6 Å². The molecule has 2 N–H and O–H groups in total. The molecule has 0 amide bonds. The molecule has 7 nitrogen and oxygen atoms in total. The van der Waals surface area contributed by atoms with Gasteiger partial charge in [-0.1, -0.05) is 53.9 Å². The van der Waals surface area contributed by atoms with Crippen LogP contribution in [0.15, 0.2) is 58.7 Å². The predicted octanol–water partition coefficient (Wildman–Crippen LogP) is 3.69. The zero-order chi connectivity index (χ0) is 23.9. The van der Waals surface area contributed by atoms with Crippen LogP contribution in [0.2, 0.25) is 0 Å². The Kier molecular flexibility index (Phi) is 6.34. The first-order valence-electron chi connectivity index (χ1n) is 10.8. The largest absolute Gasteiger partial charge is 0.330 e. The van der Waals surface area contributed by atoms with Crippen LogP contribution in [0.5, 0.6) is 0 Å². The Bertz CT molecular complexity index is 1260. The van der Waals surface area contributed by atoms with E-state index in [0.717, 1.165) is 23.8 Å². The van der Waals surface area contributed by atoms with Crippen molar-refractivity contribution in [2.75, 3.05) is 18.2 Å². The summed E-state index contributed by atoms with van der Waals surface area (Å²) in [6, 6.07) is 13.0. The number of benzene rings is 2. The van der Waals surface area contributed by atoms with E-state index >= 15 is 0 Å². The molecule has 2 aromatic carbocycles. The van der Waals surface area contributed by atoms with Crippen LogP contribution in [0.25, 0.3) is 0 Å². The topological polar surface area (TPSA) is 91.4 Å². The van der Waals surface area contributed by atoms with Gasteiger partial charge in [0.25, 0.3) is 0 Å². The summed E-state index contributed by atoms with van der Waals surface area (Å²) in [7, 11) is -3.20. The fraction of sp³-hybridized carbons (Fsp3) is 0.364. The molecule has 0 aromatic heterocycles. The molecule has 1 fully saturated rings. The monoisotopic (exact) mass is 523 g/mol. The van der Waals surface area contributed by atoms with Gasteiger partial charge in [-0.05, 0) is 49.6 Å². The number of hydrogen-bond acceptors (Lipinski definition) is 9. The Morgan fingerprint density at radius 2 is 1.94 bits per heavy atom. The second kappa shape index (κ2) is 9.14. The lowest BCUT2D eigenvalue weighted by Gasteiger charge is -2.36. The first-order valence-corrected chi connectivity index (χ1v) is 14.3. The zero-order valence-corrected chi connectivity index (χ0v) is 20.6. The van der Waals surface area contributed by atoms with Crippen molar-refractivity contribution in [1.29, 1.82) is 0 Å². The number of hydrazone groups is 2. The summed E-state index contributed by atoms with van der Waals surface area (Å²) in [6.07, 6.45) is 1.69. The summed E-state index contributed by atoms with van der Waals surface area (Å²) in [4.78, 5) is -0.798. The average molecular weight is 524 g/mol. The van der Waals surface area contributed by atoms with Gasteiger partial charge in [0, 0.05) is 5.56 Å². The number of sulfone groups is 1. The average Bonchev–Trinajstić information content (AvgIpc) is 3.41. The number of rotatable bonds is 5. The normalized spacial score (nSPS) is 25.8. The molecule has 5 rings (SSSR count). The second-order valence-electron chi connectivity index (χ2n) is 8.25. The summed E-state index contributed by atoms with van der Waals surface area (Å²) >= 11 is 2.78. The van der Waals surface area contributed by atoms with Crippen LogP contribution >= 0.6 is 23.5 Å². The summed E-state index contributed by atoms with van der Waals surface area (Å²) in [5, 5.41) is 13.5. The lowest BCUT2D eigenvalue weighted by Crippen LogP contribution is -2.40. The number of amidine groups is 1. The molecule has 2 unspecified atom stereocenters. The molecule has 0 bridgehead atoms. The third-order valence-corrected chi connectivity index (χ3v) is 10.1. The molecule has 34 heavy (non-hydrogen) atoms. The van der Waals surface area contributed by atoms with Crippen LogP contribution in [0.1, 0.15) is 30.4 Å². The Morgan fingerprint density at radius 1 is 1.15 bits per heavy atom. The van der Waals surface area contributed by atoms with E-state index in [1.165, 1.54) is 23.5 Å². The third-order valence-electron chi connectivity index (χ3n) is 5.88. The first kappa shape index (κ1) is 23.6. The minimum atomic E-state index is -3.20. The number of thioether (sulfide) groups is 2. The maximum Gasteiger partial charge on any atom is 0.207 e. The molecular formula is C22H23F2N5O2S3. The van der Waals surface area contributed by atoms with Crippen molar-refractivity contribution in [3.05, 3.63) is 71.3 Å². The first-order chi connectivity index (χ1) is 16.3. The number of fused-ring (bicyclic) bond motifs is 1. The highest BCUT2D eigenvalue weighted by molar-refractivity contribution is 8.16. The maximum atomic E-state index is 14.7. The number of nitrogens with two attached hydrogens (primary N) is 1. The second-order valence-corrected chi connectivity index (χ2v) is 12.8. The molecule has 12 heteroatoms. The summed E-state index contributed by atoms with van der Waals surface area (Å²) in [5.41, 5.74) is 6.87. The molecule has 0 saturated carbocycles. The lowest BCUT2D eigenvalue weighted by atomic mass is 10.0. The minimum absolute atomic E-state index is 0.0736. The minimum Gasteiger partial charge on any atom is -0.330 e. The van der Waals surface area contributed by atoms with Gasteiger partial charge in [-0.2, -0.15) is 5.10 Å². The predicted molar refractivity (Wildman–Crippen MR) is 133 cm³/mol. The Hall–Kier alpha value is -2.15. The van der Waals surface area contributed by atoms with Gasteiger partial charge in [0.15, 0.2) is 9.84 Å². The van der Waals surface area contributed by atoms with Gasteiger partial charge in [0.05, 0.1) is 5.75 Å². The molecular weight excluding hydrogens is 500 g/mol. The molecule has 2 aromatic rings. The van der Waals surface area contributed by atoms with E-state index in [4.69, 9.17) is 10.8 Å². The number of halogens is 2. The molecule has 180 valence electrons. The van der Waals surface area contributed by atoms with Gasteiger partial charge in [-0.3, -0.25) is 5.01 Å². The van der Waals surface area contributed by atoms with Crippen molar-refractivity contribution in [2.24, 2.45) is 15.9 Å². The Labute approximate surface area is 205 Å². The van der Waals surface area contributed by atoms with E-state index in [-0.39, 0.29) is 22.6 Å². The third kappa shape index (κ3) is 4.32. The van der Waals surface area contributed by atoms with E-state index in [1.54, 1.807) is 10.0 Å². The van der Waals surface area contributed by atoms with Crippen molar-refractivity contribution in [1.82, 2.24) is 10.0 Å². The fourth-order valence-corrected chi connectivity index (χ4v) is 8.47. The van der Waals surface area contributed by atoms with Crippen LogP contribution in [0.4, 0.5) is 8.78 Å². The molecule has 0 radical (unpaired) electrons. The summed E-state index contributed by atoms with van der Waals surface area (Å²) in [6.45, 7) is 0.444. The van der Waals surface area contributed by atoms with Gasteiger partial charge in [-0.25, -0.2) is 22.2 Å². The smallest absolute Gasteiger partial charge is 0.207 e. The maximum absolute atomic E-state index is 14.7. The highest BCUT2D eigenvalue weighted by Gasteiger charge is 2.50. The van der Waals surface area contributed by atoms with Gasteiger partial charge < -0.3 is 5.73 Å². The van der Waals surface area contributed by atoms with Crippen LogP contribution in [0, 0.1) is 11.6 Å². The number of nitrogens with zero attached hydrogens (tertiary/aromatic N) is 4. The standard InChI is InChI=1S/C22H23F2N5O2S3/c23-16-7-8-18(24)17(13-16)20-26-29(21-27-28-14-34(30,31)12-9-19(28)32-21)22(33-20,10-4-11-25)15-5-2-1-3-6-15/h1-3,5-8,13,19H,4,9-12,14,25H2. The van der Waals surface area contributed by atoms with E-state index < -0.39 is 26.3 Å². The van der Waals surface area contributed by atoms with E-state index in [1.807, 2.05) is 30.3 Å². The van der Waals surface area contributed by atoms with Gasteiger partial charge >= 0.3 is 0 Å². The zero-order valence-electron chi connectivity index (χ0n) is 18.1. The molecule has 3 aliphatic rings.